The number of hydrogen-bond acceptors (Lipinski definition) is 4. The molecule has 0 saturated heterocycles. The maximum absolute atomic E-state index is 13.5. The van der Waals surface area contributed by atoms with Crippen molar-refractivity contribution in [1.82, 2.24) is 0 Å². The smallest absolute Gasteiger partial charge is 0.341 e. The predicted molar refractivity (Wildman–Crippen MR) is 85.5 cm³/mol. The van der Waals surface area contributed by atoms with Crippen LogP contribution in [0, 0.1) is 18.6 Å². The molecule has 1 atom stereocenters. The van der Waals surface area contributed by atoms with Gasteiger partial charge in [0.1, 0.15) is 11.6 Å². The van der Waals surface area contributed by atoms with E-state index in [2.05, 4.69) is 5.32 Å². The van der Waals surface area contributed by atoms with Crippen molar-refractivity contribution in [3.63, 3.8) is 0 Å². The second kappa shape index (κ2) is 7.08. The van der Waals surface area contributed by atoms with E-state index < -0.39 is 29.6 Å². The van der Waals surface area contributed by atoms with Gasteiger partial charge in [-0.05, 0) is 37.6 Å². The van der Waals surface area contributed by atoms with Gasteiger partial charge in [0, 0.05) is 11.8 Å². The molecule has 24 heavy (non-hydrogen) atoms. The molecular weight excluding hydrogens is 318 g/mol. The standard InChI is InChI=1S/C17H16F2N2O3/c1-9-4-3-5-12(15(9)20)17(23)24-10(2)16(22)21-14-7-6-11(18)8-13(14)19/h3-8,10H,20H2,1-2H3,(H,21,22)/t10-/m0/s1. The lowest BCUT2D eigenvalue weighted by Gasteiger charge is -2.15. The molecule has 0 aliphatic rings. The summed E-state index contributed by atoms with van der Waals surface area (Å²) < 4.78 is 31.4. The largest absolute Gasteiger partial charge is 0.449 e. The first-order valence-corrected chi connectivity index (χ1v) is 7.11. The zero-order valence-electron chi connectivity index (χ0n) is 13.1. The molecular formula is C17H16F2N2O3. The highest BCUT2D eigenvalue weighted by Gasteiger charge is 2.21. The Morgan fingerprint density at radius 3 is 2.58 bits per heavy atom. The number of halogens is 2. The average Bonchev–Trinajstić information content (AvgIpc) is 2.52. The van der Waals surface area contributed by atoms with Gasteiger partial charge in [-0.25, -0.2) is 13.6 Å². The van der Waals surface area contributed by atoms with Crippen LogP contribution in [-0.4, -0.2) is 18.0 Å². The molecule has 5 nitrogen and oxygen atoms in total. The summed E-state index contributed by atoms with van der Waals surface area (Å²) in [7, 11) is 0. The maximum atomic E-state index is 13.5. The van der Waals surface area contributed by atoms with Gasteiger partial charge < -0.3 is 15.8 Å². The van der Waals surface area contributed by atoms with Crippen LogP contribution in [0.25, 0.3) is 0 Å². The van der Waals surface area contributed by atoms with Gasteiger partial charge in [-0.1, -0.05) is 12.1 Å². The Balaban J connectivity index is 2.06. The number of aryl methyl sites for hydroxylation is 1. The zero-order chi connectivity index (χ0) is 17.9. The molecule has 1 amide bonds. The third-order valence-electron chi connectivity index (χ3n) is 3.39. The van der Waals surface area contributed by atoms with Gasteiger partial charge in [0.2, 0.25) is 0 Å². The van der Waals surface area contributed by atoms with Gasteiger partial charge in [-0.15, -0.1) is 0 Å². The van der Waals surface area contributed by atoms with Gasteiger partial charge >= 0.3 is 5.97 Å². The first kappa shape index (κ1) is 17.4. The topological polar surface area (TPSA) is 81.4 Å². The molecule has 0 fully saturated rings. The summed E-state index contributed by atoms with van der Waals surface area (Å²) in [6, 6.07) is 7.58. The van der Waals surface area contributed by atoms with E-state index in [1.807, 2.05) is 0 Å². The number of benzene rings is 2. The monoisotopic (exact) mass is 334 g/mol. The Morgan fingerprint density at radius 1 is 1.21 bits per heavy atom. The van der Waals surface area contributed by atoms with Crippen LogP contribution in [0.15, 0.2) is 36.4 Å². The number of anilines is 2. The fourth-order valence-electron chi connectivity index (χ4n) is 1.96. The molecule has 2 rings (SSSR count). The van der Waals surface area contributed by atoms with Crippen molar-refractivity contribution in [2.24, 2.45) is 0 Å². The molecule has 0 bridgehead atoms. The number of nitrogen functional groups attached to an aromatic ring is 1. The number of nitrogens with two attached hydrogens (primary N) is 1. The lowest BCUT2D eigenvalue weighted by molar-refractivity contribution is -0.123. The third-order valence-corrected chi connectivity index (χ3v) is 3.39. The first-order chi connectivity index (χ1) is 11.3. The van der Waals surface area contributed by atoms with E-state index in [0.717, 1.165) is 12.1 Å². The van der Waals surface area contributed by atoms with Crippen molar-refractivity contribution >= 4 is 23.3 Å². The Labute approximate surface area is 137 Å². The minimum Gasteiger partial charge on any atom is -0.449 e. The summed E-state index contributed by atoms with van der Waals surface area (Å²) >= 11 is 0. The van der Waals surface area contributed by atoms with E-state index in [9.17, 15) is 18.4 Å². The van der Waals surface area contributed by atoms with Gasteiger partial charge in [-0.2, -0.15) is 0 Å². The minimum atomic E-state index is -1.19. The lowest BCUT2D eigenvalue weighted by atomic mass is 10.1. The Bertz CT molecular complexity index is 793. The second-order valence-electron chi connectivity index (χ2n) is 5.20. The molecule has 0 saturated carbocycles. The summed E-state index contributed by atoms with van der Waals surface area (Å²) in [5.41, 5.74) is 6.71. The average molecular weight is 334 g/mol. The number of amides is 1. The Hall–Kier alpha value is -2.96. The van der Waals surface area contributed by atoms with Crippen molar-refractivity contribution in [2.45, 2.75) is 20.0 Å². The molecule has 126 valence electrons. The van der Waals surface area contributed by atoms with E-state index in [1.54, 1.807) is 19.1 Å². The number of esters is 1. The summed E-state index contributed by atoms with van der Waals surface area (Å²) in [4.78, 5) is 24.1. The number of hydrogen-bond donors (Lipinski definition) is 2. The third kappa shape index (κ3) is 3.87. The van der Waals surface area contributed by atoms with E-state index in [4.69, 9.17) is 10.5 Å². The maximum Gasteiger partial charge on any atom is 0.341 e. The lowest BCUT2D eigenvalue weighted by Crippen LogP contribution is -2.30. The van der Waals surface area contributed by atoms with Gasteiger partial charge in [0.25, 0.3) is 5.91 Å². The van der Waals surface area contributed by atoms with Gasteiger partial charge in [-0.3, -0.25) is 4.79 Å². The summed E-state index contributed by atoms with van der Waals surface area (Å²) in [6.07, 6.45) is -1.19. The van der Waals surface area contributed by atoms with E-state index in [0.29, 0.717) is 11.6 Å². The van der Waals surface area contributed by atoms with Gasteiger partial charge in [0.05, 0.1) is 11.3 Å². The first-order valence-electron chi connectivity index (χ1n) is 7.11. The van der Waals surface area contributed by atoms with Crippen LogP contribution >= 0.6 is 0 Å². The SMILES string of the molecule is Cc1cccc(C(=O)O[C@@H](C)C(=O)Nc2ccc(F)cc2F)c1N. The highest BCUT2D eigenvalue weighted by Crippen LogP contribution is 2.19. The van der Waals surface area contributed by atoms with Crippen molar-refractivity contribution < 1.29 is 23.1 Å². The van der Waals surface area contributed by atoms with Crippen LogP contribution in [0.2, 0.25) is 0 Å². The van der Waals surface area contributed by atoms with E-state index >= 15 is 0 Å². The molecule has 0 aliphatic carbocycles. The van der Waals surface area contributed by atoms with E-state index in [-0.39, 0.29) is 16.9 Å². The number of rotatable bonds is 4. The minimum absolute atomic E-state index is 0.141. The van der Waals surface area contributed by atoms with Crippen LogP contribution < -0.4 is 11.1 Å². The molecule has 7 heteroatoms. The number of nitrogens with one attached hydrogen (secondary N) is 1. The number of ether oxygens (including phenoxy) is 1. The van der Waals surface area contributed by atoms with Crippen LogP contribution in [0.4, 0.5) is 20.2 Å². The number of carbonyl (C=O) groups is 2. The molecule has 2 aromatic rings. The Kier molecular flexibility index (Phi) is 5.13. The van der Waals surface area contributed by atoms with Crippen molar-refractivity contribution in [3.05, 3.63) is 59.2 Å². The second-order valence-corrected chi connectivity index (χ2v) is 5.20. The highest BCUT2D eigenvalue weighted by atomic mass is 19.1. The number of carbonyl (C=O) groups excluding carboxylic acids is 2. The van der Waals surface area contributed by atoms with Crippen LogP contribution in [0.3, 0.4) is 0 Å². The summed E-state index contributed by atoms with van der Waals surface area (Å²) in [5, 5.41) is 2.23. The molecule has 0 heterocycles. The molecule has 2 aromatic carbocycles. The Morgan fingerprint density at radius 2 is 1.92 bits per heavy atom. The van der Waals surface area contributed by atoms with Crippen LogP contribution in [-0.2, 0) is 9.53 Å². The van der Waals surface area contributed by atoms with Crippen LogP contribution in [0.5, 0.6) is 0 Å². The summed E-state index contributed by atoms with van der Waals surface area (Å²) in [5.74, 6) is -3.21. The van der Waals surface area contributed by atoms with Crippen molar-refractivity contribution in [1.29, 1.82) is 0 Å². The molecule has 0 unspecified atom stereocenters. The fraction of sp³-hybridized carbons (Fsp3) is 0.176. The van der Waals surface area contributed by atoms with Crippen molar-refractivity contribution in [2.75, 3.05) is 11.1 Å². The molecule has 0 aromatic heterocycles. The predicted octanol–water partition coefficient (Wildman–Crippen LogP) is 3.04. The normalized spacial score (nSPS) is 11.7. The molecule has 0 radical (unpaired) electrons. The number of para-hydroxylation sites is 1. The quantitative estimate of drug-likeness (QED) is 0.665. The molecule has 3 N–H and O–H groups in total. The van der Waals surface area contributed by atoms with Crippen molar-refractivity contribution in [3.8, 4) is 0 Å². The highest BCUT2D eigenvalue weighted by molar-refractivity contribution is 5.99. The fourth-order valence-corrected chi connectivity index (χ4v) is 1.96. The van der Waals surface area contributed by atoms with Crippen LogP contribution in [0.1, 0.15) is 22.8 Å². The molecule has 0 aliphatic heterocycles. The molecule has 0 spiro atoms. The summed E-state index contributed by atoms with van der Waals surface area (Å²) in [6.45, 7) is 3.07. The van der Waals surface area contributed by atoms with E-state index in [1.165, 1.54) is 13.0 Å². The van der Waals surface area contributed by atoms with Gasteiger partial charge in [0.15, 0.2) is 6.10 Å². The zero-order valence-corrected chi connectivity index (χ0v) is 13.1.